The smallest absolute Gasteiger partial charge is 0.310 e. The Morgan fingerprint density at radius 1 is 1.25 bits per heavy atom. The molecule has 1 saturated heterocycles. The average Bonchev–Trinajstić information content (AvgIpc) is 2.76. The lowest BCUT2D eigenvalue weighted by molar-refractivity contribution is -0.149. The van der Waals surface area contributed by atoms with E-state index in [4.69, 9.17) is 0 Å². The van der Waals surface area contributed by atoms with E-state index in [1.54, 1.807) is 0 Å². The molecule has 1 N–H and O–H groups in total. The summed E-state index contributed by atoms with van der Waals surface area (Å²) in [5.74, 6) is -0.671. The summed E-state index contributed by atoms with van der Waals surface area (Å²) >= 11 is 0. The maximum Gasteiger partial charge on any atom is 0.310 e. The molecule has 1 aliphatic carbocycles. The second-order valence-corrected chi connectivity index (χ2v) is 6.88. The molecule has 1 saturated carbocycles. The van der Waals surface area contributed by atoms with Gasteiger partial charge in [-0.2, -0.15) is 0 Å². The van der Waals surface area contributed by atoms with Gasteiger partial charge >= 0.3 is 5.97 Å². The number of hydrogen-bond acceptors (Lipinski definition) is 3. The quantitative estimate of drug-likeness (QED) is 0.795. The van der Waals surface area contributed by atoms with Crippen LogP contribution in [0.1, 0.15) is 32.1 Å². The monoisotopic (exact) mass is 247 g/mol. The summed E-state index contributed by atoms with van der Waals surface area (Å²) in [5, 5.41) is 9.27. The maximum absolute atomic E-state index is 11.6. The summed E-state index contributed by atoms with van der Waals surface area (Å²) in [5.41, 5.74) is -0.822. The van der Waals surface area contributed by atoms with E-state index >= 15 is 0 Å². The van der Waals surface area contributed by atoms with E-state index < -0.39 is 21.4 Å². The molecule has 0 aromatic carbocycles. The summed E-state index contributed by atoms with van der Waals surface area (Å²) < 4.78 is 24.7. The van der Waals surface area contributed by atoms with Crippen LogP contribution in [0.15, 0.2) is 0 Å². The molecule has 0 amide bonds. The fourth-order valence-electron chi connectivity index (χ4n) is 2.70. The van der Waals surface area contributed by atoms with Crippen LogP contribution in [0.3, 0.4) is 0 Å². The minimum Gasteiger partial charge on any atom is -0.481 e. The van der Waals surface area contributed by atoms with Crippen LogP contribution in [0.4, 0.5) is 0 Å². The van der Waals surface area contributed by atoms with E-state index in [1.165, 1.54) is 4.31 Å². The molecule has 6 heteroatoms. The fraction of sp³-hybridized carbons (Fsp3) is 0.900. The van der Waals surface area contributed by atoms with Crippen molar-refractivity contribution in [2.24, 2.45) is 5.41 Å². The molecule has 0 unspecified atom stereocenters. The van der Waals surface area contributed by atoms with Crippen molar-refractivity contribution in [3.8, 4) is 0 Å². The standard InChI is InChI=1S/C10H17NO4S/c12-9(13)10(4-1-2-5-10)8-11-6-3-7-16(11,14)15/h1-8H2,(H,12,13). The number of sulfonamides is 1. The Hall–Kier alpha value is -0.620. The van der Waals surface area contributed by atoms with Gasteiger partial charge in [-0.3, -0.25) is 4.79 Å². The van der Waals surface area contributed by atoms with Gasteiger partial charge in [0.2, 0.25) is 10.0 Å². The van der Waals surface area contributed by atoms with Crippen LogP contribution in [-0.2, 0) is 14.8 Å². The first-order chi connectivity index (χ1) is 7.46. The molecular weight excluding hydrogens is 230 g/mol. The van der Waals surface area contributed by atoms with Gasteiger partial charge in [0.05, 0.1) is 11.2 Å². The SMILES string of the molecule is O=C(O)C1(CN2CCCS2(=O)=O)CCCC1. The predicted octanol–water partition coefficient (Wildman–Crippen LogP) is 0.667. The van der Waals surface area contributed by atoms with Crippen LogP contribution < -0.4 is 0 Å². The second kappa shape index (κ2) is 4.00. The summed E-state index contributed by atoms with van der Waals surface area (Å²) in [6, 6.07) is 0. The van der Waals surface area contributed by atoms with Crippen molar-refractivity contribution in [3.63, 3.8) is 0 Å². The zero-order valence-corrected chi connectivity index (χ0v) is 10.0. The van der Waals surface area contributed by atoms with Gasteiger partial charge < -0.3 is 5.11 Å². The molecule has 0 aromatic heterocycles. The number of rotatable bonds is 3. The summed E-state index contributed by atoms with van der Waals surface area (Å²) in [7, 11) is -3.18. The van der Waals surface area contributed by atoms with Gasteiger partial charge in [-0.15, -0.1) is 0 Å². The van der Waals surface area contributed by atoms with E-state index in [2.05, 4.69) is 0 Å². The molecular formula is C10H17NO4S. The maximum atomic E-state index is 11.6. The molecule has 1 aliphatic heterocycles. The number of carboxylic acid groups (broad SMARTS) is 1. The first-order valence-electron chi connectivity index (χ1n) is 5.68. The molecule has 1 heterocycles. The molecule has 0 atom stereocenters. The van der Waals surface area contributed by atoms with Gasteiger partial charge in [-0.1, -0.05) is 12.8 Å². The van der Waals surface area contributed by atoms with E-state index in [0.29, 0.717) is 25.8 Å². The lowest BCUT2D eigenvalue weighted by atomic mass is 9.86. The minimum absolute atomic E-state index is 0.169. The summed E-state index contributed by atoms with van der Waals surface area (Å²) in [6.07, 6.45) is 3.61. The van der Waals surface area contributed by atoms with Crippen molar-refractivity contribution in [2.75, 3.05) is 18.8 Å². The molecule has 16 heavy (non-hydrogen) atoms. The number of carbonyl (C=O) groups is 1. The Morgan fingerprint density at radius 2 is 1.88 bits per heavy atom. The molecule has 0 spiro atoms. The first-order valence-corrected chi connectivity index (χ1v) is 7.28. The lowest BCUT2D eigenvalue weighted by Crippen LogP contribution is -2.42. The highest BCUT2D eigenvalue weighted by molar-refractivity contribution is 7.89. The second-order valence-electron chi connectivity index (χ2n) is 4.80. The van der Waals surface area contributed by atoms with Gasteiger partial charge in [-0.25, -0.2) is 12.7 Å². The lowest BCUT2D eigenvalue weighted by Gasteiger charge is -2.28. The summed E-state index contributed by atoms with van der Waals surface area (Å²) in [4.78, 5) is 11.3. The van der Waals surface area contributed by atoms with Crippen molar-refractivity contribution in [1.29, 1.82) is 0 Å². The van der Waals surface area contributed by atoms with E-state index in [-0.39, 0.29) is 12.3 Å². The summed E-state index contributed by atoms with van der Waals surface area (Å²) in [6.45, 7) is 0.655. The molecule has 92 valence electrons. The van der Waals surface area contributed by atoms with Gasteiger partial charge in [-0.05, 0) is 19.3 Å². The highest BCUT2D eigenvalue weighted by atomic mass is 32.2. The van der Waals surface area contributed by atoms with Crippen molar-refractivity contribution in [2.45, 2.75) is 32.1 Å². The Morgan fingerprint density at radius 3 is 2.31 bits per heavy atom. The third-order valence-electron chi connectivity index (χ3n) is 3.70. The van der Waals surface area contributed by atoms with E-state index in [1.807, 2.05) is 0 Å². The highest BCUT2D eigenvalue weighted by Crippen LogP contribution is 2.40. The number of carboxylic acids is 1. The Kier molecular flexibility index (Phi) is 2.96. The fourth-order valence-corrected chi connectivity index (χ4v) is 4.30. The van der Waals surface area contributed by atoms with Crippen molar-refractivity contribution >= 4 is 16.0 Å². The molecule has 5 nitrogen and oxygen atoms in total. The van der Waals surface area contributed by atoms with Crippen molar-refractivity contribution in [1.82, 2.24) is 4.31 Å². The third-order valence-corrected chi connectivity index (χ3v) is 5.60. The Labute approximate surface area is 95.5 Å². The van der Waals surface area contributed by atoms with Crippen LogP contribution >= 0.6 is 0 Å². The van der Waals surface area contributed by atoms with Crippen molar-refractivity contribution in [3.05, 3.63) is 0 Å². The normalized spacial score (nSPS) is 28.2. The largest absolute Gasteiger partial charge is 0.481 e. The highest BCUT2D eigenvalue weighted by Gasteiger charge is 2.45. The zero-order chi connectivity index (χ0) is 11.8. The van der Waals surface area contributed by atoms with Crippen molar-refractivity contribution < 1.29 is 18.3 Å². The third kappa shape index (κ3) is 1.96. The average molecular weight is 247 g/mol. The Balaban J connectivity index is 2.16. The molecule has 0 radical (unpaired) electrons. The van der Waals surface area contributed by atoms with Gasteiger partial charge in [0.25, 0.3) is 0 Å². The Bertz CT molecular complexity index is 384. The van der Waals surface area contributed by atoms with Gasteiger partial charge in [0.1, 0.15) is 0 Å². The molecule has 0 bridgehead atoms. The van der Waals surface area contributed by atoms with Crippen LogP contribution in [0.25, 0.3) is 0 Å². The van der Waals surface area contributed by atoms with Crippen LogP contribution in [-0.4, -0.2) is 42.6 Å². The zero-order valence-electron chi connectivity index (χ0n) is 9.18. The number of nitrogens with zero attached hydrogens (tertiary/aromatic N) is 1. The van der Waals surface area contributed by atoms with E-state index in [9.17, 15) is 18.3 Å². The van der Waals surface area contributed by atoms with Gasteiger partial charge in [0, 0.05) is 13.1 Å². The molecule has 2 rings (SSSR count). The van der Waals surface area contributed by atoms with Crippen LogP contribution in [0.2, 0.25) is 0 Å². The van der Waals surface area contributed by atoms with Crippen LogP contribution in [0.5, 0.6) is 0 Å². The minimum atomic E-state index is -3.18. The number of aliphatic carboxylic acids is 1. The van der Waals surface area contributed by atoms with E-state index in [0.717, 1.165) is 12.8 Å². The predicted molar refractivity (Wildman–Crippen MR) is 58.5 cm³/mol. The first kappa shape index (κ1) is 11.9. The van der Waals surface area contributed by atoms with Gasteiger partial charge in [0.15, 0.2) is 0 Å². The number of hydrogen-bond donors (Lipinski definition) is 1. The topological polar surface area (TPSA) is 74.7 Å². The molecule has 2 aliphatic rings. The van der Waals surface area contributed by atoms with Crippen LogP contribution in [0, 0.1) is 5.41 Å². The molecule has 2 fully saturated rings. The molecule has 0 aromatic rings.